The molecule has 1 N–H and O–H groups in total. The van der Waals surface area contributed by atoms with E-state index < -0.39 is 0 Å². The first-order valence-electron chi connectivity index (χ1n) is 9.18. The maximum absolute atomic E-state index is 12.5. The average molecular weight is 364 g/mol. The van der Waals surface area contributed by atoms with E-state index >= 15 is 0 Å². The number of nitrogens with one attached hydrogen (secondary N) is 1. The number of benzene rings is 2. The summed E-state index contributed by atoms with van der Waals surface area (Å²) in [5.74, 6) is 1.73. The Balaban J connectivity index is 1.43. The number of fused-ring (bicyclic) bond motifs is 1. The van der Waals surface area contributed by atoms with Crippen LogP contribution in [0.4, 0.5) is 0 Å². The summed E-state index contributed by atoms with van der Waals surface area (Å²) in [4.78, 5) is 12.5. The van der Waals surface area contributed by atoms with Crippen LogP contribution >= 0.6 is 0 Å². The summed E-state index contributed by atoms with van der Waals surface area (Å²) in [6.07, 6.45) is 4.08. The highest BCUT2D eigenvalue weighted by Crippen LogP contribution is 2.50. The quantitative estimate of drug-likeness (QED) is 0.698. The lowest BCUT2D eigenvalue weighted by atomic mass is 9.95. The Morgan fingerprint density at radius 1 is 1.11 bits per heavy atom. The van der Waals surface area contributed by atoms with Crippen molar-refractivity contribution in [3.8, 4) is 11.5 Å². The molecule has 27 heavy (non-hydrogen) atoms. The number of carbonyl (C=O) groups excluding carboxylic acids is 1. The highest BCUT2D eigenvalue weighted by molar-refractivity contribution is 5.84. The van der Waals surface area contributed by atoms with Gasteiger partial charge in [-0.05, 0) is 43.2 Å². The van der Waals surface area contributed by atoms with Gasteiger partial charge in [0.1, 0.15) is 18.0 Å². The topological polar surface area (TPSA) is 52.5 Å². The number of amides is 1. The summed E-state index contributed by atoms with van der Waals surface area (Å²) in [5, 5.41) is 4.19. The van der Waals surface area contributed by atoms with Gasteiger partial charge in [0.25, 0.3) is 0 Å². The Hall–Kier alpha value is -2.95. The van der Waals surface area contributed by atoms with Gasteiger partial charge in [0.15, 0.2) is 0 Å². The molecule has 1 aromatic heterocycles. The largest absolute Gasteiger partial charge is 0.497 e. The molecular weight excluding hydrogens is 340 g/mol. The second-order valence-corrected chi connectivity index (χ2v) is 7.13. The van der Waals surface area contributed by atoms with Gasteiger partial charge in [0, 0.05) is 34.6 Å². The van der Waals surface area contributed by atoms with Gasteiger partial charge in [-0.15, -0.1) is 0 Å². The number of hydrogen-bond donors (Lipinski definition) is 1. The van der Waals surface area contributed by atoms with Gasteiger partial charge in [-0.2, -0.15) is 0 Å². The van der Waals surface area contributed by atoms with Crippen molar-refractivity contribution in [1.82, 2.24) is 9.88 Å². The molecule has 0 saturated heterocycles. The molecule has 0 radical (unpaired) electrons. The Kier molecular flexibility index (Phi) is 4.52. The predicted molar refractivity (Wildman–Crippen MR) is 105 cm³/mol. The van der Waals surface area contributed by atoms with Crippen LogP contribution in [0.25, 0.3) is 10.9 Å². The van der Waals surface area contributed by atoms with Crippen LogP contribution in [-0.2, 0) is 16.8 Å². The Labute approximate surface area is 158 Å². The molecule has 5 nitrogen and oxygen atoms in total. The van der Waals surface area contributed by atoms with Crippen LogP contribution in [0.15, 0.2) is 54.7 Å². The standard InChI is InChI=1S/C22H24N2O3/c1-26-17-7-8-19-16(13-17)9-12-24(19)14-21(25)23-15-22(10-11-22)18-5-3-4-6-20(18)27-2/h3-9,12-13H,10-11,14-15H2,1-2H3,(H,23,25). The molecule has 5 heteroatoms. The molecule has 1 saturated carbocycles. The minimum Gasteiger partial charge on any atom is -0.497 e. The van der Waals surface area contributed by atoms with Gasteiger partial charge in [-0.3, -0.25) is 4.79 Å². The molecule has 0 spiro atoms. The normalized spacial score (nSPS) is 14.7. The lowest BCUT2D eigenvalue weighted by Gasteiger charge is -2.19. The van der Waals surface area contributed by atoms with Gasteiger partial charge < -0.3 is 19.4 Å². The third-order valence-corrected chi connectivity index (χ3v) is 5.45. The molecular formula is C22H24N2O3. The van der Waals surface area contributed by atoms with Crippen molar-refractivity contribution in [3.63, 3.8) is 0 Å². The molecule has 1 aliphatic carbocycles. The molecule has 0 bridgehead atoms. The lowest BCUT2D eigenvalue weighted by molar-refractivity contribution is -0.121. The average Bonchev–Trinajstić information content (AvgIpc) is 3.41. The number of carbonyl (C=O) groups is 1. The highest BCUT2D eigenvalue weighted by atomic mass is 16.5. The first-order valence-corrected chi connectivity index (χ1v) is 9.18. The second-order valence-electron chi connectivity index (χ2n) is 7.13. The smallest absolute Gasteiger partial charge is 0.239 e. The number of hydrogen-bond acceptors (Lipinski definition) is 3. The molecule has 1 fully saturated rings. The van der Waals surface area contributed by atoms with Gasteiger partial charge in [-0.1, -0.05) is 18.2 Å². The molecule has 1 amide bonds. The first kappa shape index (κ1) is 17.5. The minimum atomic E-state index is 0.00832. The van der Waals surface area contributed by atoms with E-state index in [-0.39, 0.29) is 11.3 Å². The fraction of sp³-hybridized carbons (Fsp3) is 0.318. The Morgan fingerprint density at radius 2 is 1.93 bits per heavy atom. The van der Waals surface area contributed by atoms with Crippen LogP contribution in [-0.4, -0.2) is 31.2 Å². The summed E-state index contributed by atoms with van der Waals surface area (Å²) >= 11 is 0. The highest BCUT2D eigenvalue weighted by Gasteiger charge is 2.46. The molecule has 1 aliphatic rings. The summed E-state index contributed by atoms with van der Waals surface area (Å²) < 4.78 is 12.7. The van der Waals surface area contributed by atoms with Crippen molar-refractivity contribution in [1.29, 1.82) is 0 Å². The van der Waals surface area contributed by atoms with Crippen molar-refractivity contribution in [3.05, 3.63) is 60.3 Å². The van der Waals surface area contributed by atoms with E-state index in [1.807, 2.05) is 53.2 Å². The zero-order valence-electron chi connectivity index (χ0n) is 15.7. The van der Waals surface area contributed by atoms with E-state index in [9.17, 15) is 4.79 Å². The fourth-order valence-electron chi connectivity index (χ4n) is 3.70. The van der Waals surface area contributed by atoms with E-state index in [1.54, 1.807) is 14.2 Å². The van der Waals surface area contributed by atoms with Crippen molar-refractivity contribution in [2.75, 3.05) is 20.8 Å². The monoisotopic (exact) mass is 364 g/mol. The number of nitrogens with zero attached hydrogens (tertiary/aromatic N) is 1. The molecule has 2 aromatic carbocycles. The third kappa shape index (κ3) is 3.37. The Morgan fingerprint density at radius 3 is 2.67 bits per heavy atom. The number of aromatic nitrogens is 1. The van der Waals surface area contributed by atoms with E-state index in [1.165, 1.54) is 5.56 Å². The molecule has 0 atom stereocenters. The van der Waals surface area contributed by atoms with Crippen molar-refractivity contribution in [2.24, 2.45) is 0 Å². The molecule has 0 unspecified atom stereocenters. The zero-order valence-corrected chi connectivity index (χ0v) is 15.7. The number of para-hydroxylation sites is 1. The molecule has 3 aromatic rings. The number of ether oxygens (including phenoxy) is 2. The summed E-state index contributed by atoms with van der Waals surface area (Å²) in [7, 11) is 3.35. The van der Waals surface area contributed by atoms with E-state index in [4.69, 9.17) is 9.47 Å². The van der Waals surface area contributed by atoms with E-state index in [0.29, 0.717) is 13.1 Å². The van der Waals surface area contributed by atoms with Gasteiger partial charge in [0.2, 0.25) is 5.91 Å². The maximum Gasteiger partial charge on any atom is 0.239 e. The first-order chi connectivity index (χ1) is 13.1. The van der Waals surface area contributed by atoms with E-state index in [2.05, 4.69) is 11.4 Å². The summed E-state index contributed by atoms with van der Waals surface area (Å²) in [5.41, 5.74) is 2.22. The SMILES string of the molecule is COc1ccc2c(ccn2CC(=O)NCC2(c3ccccc3OC)CC2)c1. The van der Waals surface area contributed by atoms with E-state index in [0.717, 1.165) is 35.2 Å². The van der Waals surface area contributed by atoms with Crippen LogP contribution in [0, 0.1) is 0 Å². The van der Waals surface area contributed by atoms with Crippen LogP contribution in [0.2, 0.25) is 0 Å². The summed E-state index contributed by atoms with van der Waals surface area (Å²) in [6.45, 7) is 0.942. The van der Waals surface area contributed by atoms with Gasteiger partial charge in [-0.25, -0.2) is 0 Å². The maximum atomic E-state index is 12.5. The molecule has 1 heterocycles. The van der Waals surface area contributed by atoms with Crippen LogP contribution in [0.5, 0.6) is 11.5 Å². The van der Waals surface area contributed by atoms with Crippen molar-refractivity contribution >= 4 is 16.8 Å². The Bertz CT molecular complexity index is 973. The minimum absolute atomic E-state index is 0.00832. The molecule has 140 valence electrons. The fourth-order valence-corrected chi connectivity index (χ4v) is 3.70. The van der Waals surface area contributed by atoms with Gasteiger partial charge in [0.05, 0.1) is 14.2 Å². The number of rotatable bonds is 7. The molecule has 4 rings (SSSR count). The van der Waals surface area contributed by atoms with Crippen molar-refractivity contribution < 1.29 is 14.3 Å². The van der Waals surface area contributed by atoms with Crippen molar-refractivity contribution in [2.45, 2.75) is 24.8 Å². The number of methoxy groups -OCH3 is 2. The van der Waals surface area contributed by atoms with Crippen LogP contribution in [0.1, 0.15) is 18.4 Å². The zero-order chi connectivity index (χ0) is 18.9. The lowest BCUT2D eigenvalue weighted by Crippen LogP contribution is -2.34. The van der Waals surface area contributed by atoms with Crippen LogP contribution < -0.4 is 14.8 Å². The molecule has 0 aliphatic heterocycles. The predicted octanol–water partition coefficient (Wildman–Crippen LogP) is 3.51. The third-order valence-electron chi connectivity index (χ3n) is 5.45. The summed E-state index contributed by atoms with van der Waals surface area (Å²) in [6, 6.07) is 16.0. The van der Waals surface area contributed by atoms with Crippen LogP contribution in [0.3, 0.4) is 0 Å². The second kappa shape index (κ2) is 6.99. The van der Waals surface area contributed by atoms with Gasteiger partial charge >= 0.3 is 0 Å².